The Bertz CT molecular complexity index is 1470. The van der Waals surface area contributed by atoms with Crippen LogP contribution in [-0.2, 0) is 21.5 Å². The van der Waals surface area contributed by atoms with E-state index >= 15 is 0 Å². The highest BCUT2D eigenvalue weighted by Gasteiger charge is 2.45. The molecule has 2 aliphatic rings. The van der Waals surface area contributed by atoms with Crippen molar-refractivity contribution in [3.63, 3.8) is 0 Å². The first-order chi connectivity index (χ1) is 19.7. The minimum Gasteiger partial charge on any atom is -0.475 e. The van der Waals surface area contributed by atoms with Crippen LogP contribution in [0.2, 0.25) is 0 Å². The maximum atomic E-state index is 13.4. The quantitative estimate of drug-likeness (QED) is 0.332. The maximum absolute atomic E-state index is 13.4. The molecule has 11 nitrogen and oxygen atoms in total. The number of hydrogen-bond acceptors (Lipinski definition) is 9. The average Bonchev–Trinajstić information content (AvgIpc) is 3.46. The molecule has 0 unspecified atom stereocenters. The number of carboxylic acids is 1. The fraction of sp³-hybridized carbons (Fsp3) is 0.385. The zero-order valence-electron chi connectivity index (χ0n) is 22.3. The fourth-order valence-electron chi connectivity index (χ4n) is 4.44. The van der Waals surface area contributed by atoms with Crippen molar-refractivity contribution in [2.24, 2.45) is 0 Å². The molecule has 2 aliphatic heterocycles. The summed E-state index contributed by atoms with van der Waals surface area (Å²) in [5.74, 6) is -4.29. The van der Waals surface area contributed by atoms with Gasteiger partial charge in [0.2, 0.25) is 11.8 Å². The van der Waals surface area contributed by atoms with E-state index in [0.717, 1.165) is 31.9 Å². The van der Waals surface area contributed by atoms with Gasteiger partial charge in [0.15, 0.2) is 0 Å². The number of piperazine rings is 1. The number of hydrogen-bond donors (Lipinski definition) is 2. The summed E-state index contributed by atoms with van der Waals surface area (Å²) in [6.45, 7) is 7.12. The van der Waals surface area contributed by atoms with E-state index < -0.39 is 29.9 Å². The van der Waals surface area contributed by atoms with E-state index in [1.807, 2.05) is 26.0 Å². The summed E-state index contributed by atoms with van der Waals surface area (Å²) in [5, 5.41) is 17.3. The molecule has 0 saturated carbocycles. The van der Waals surface area contributed by atoms with E-state index in [1.165, 1.54) is 11.1 Å². The third-order valence-electron chi connectivity index (χ3n) is 6.68. The van der Waals surface area contributed by atoms with Crippen molar-refractivity contribution in [2.45, 2.75) is 38.4 Å². The van der Waals surface area contributed by atoms with Gasteiger partial charge in [0.1, 0.15) is 0 Å². The van der Waals surface area contributed by atoms with Crippen LogP contribution in [0.25, 0.3) is 11.5 Å². The van der Waals surface area contributed by atoms with Crippen molar-refractivity contribution >= 4 is 23.5 Å². The number of carbonyl (C=O) groups excluding carboxylic acids is 2. The summed E-state index contributed by atoms with van der Waals surface area (Å²) in [4.78, 5) is 43.3. The Labute approximate surface area is 235 Å². The minimum atomic E-state index is -5.08. The van der Waals surface area contributed by atoms with E-state index in [1.54, 1.807) is 18.2 Å². The number of aliphatic carboxylic acids is 1. The summed E-state index contributed by atoms with van der Waals surface area (Å²) >= 11 is 0. The number of benzene rings is 1. The van der Waals surface area contributed by atoms with Crippen LogP contribution >= 0.6 is 0 Å². The number of nitrogens with one attached hydrogen (secondary N) is 1. The number of halogens is 5. The predicted octanol–water partition coefficient (Wildman–Crippen LogP) is 3.57. The summed E-state index contributed by atoms with van der Waals surface area (Å²) in [7, 11) is 0. The fourth-order valence-corrected chi connectivity index (χ4v) is 4.44. The van der Waals surface area contributed by atoms with Crippen LogP contribution < -0.4 is 10.2 Å². The second-order valence-corrected chi connectivity index (χ2v) is 9.88. The van der Waals surface area contributed by atoms with E-state index in [9.17, 15) is 31.5 Å². The number of aromatic nitrogens is 3. The molecule has 3 aromatic rings. The Balaban J connectivity index is 0.000000517. The topological polar surface area (TPSA) is 142 Å². The molecule has 0 radical (unpaired) electrons. The van der Waals surface area contributed by atoms with Crippen molar-refractivity contribution < 1.29 is 45.9 Å². The van der Waals surface area contributed by atoms with Crippen molar-refractivity contribution in [2.75, 3.05) is 31.1 Å². The molecule has 5 rings (SSSR count). The molecule has 42 heavy (non-hydrogen) atoms. The van der Waals surface area contributed by atoms with Crippen molar-refractivity contribution in [3.05, 3.63) is 59.2 Å². The molecule has 0 atom stereocenters. The van der Waals surface area contributed by atoms with E-state index in [4.69, 9.17) is 14.3 Å². The molecule has 1 aromatic carbocycles. The number of carbonyl (C=O) groups is 3. The molecule has 2 amide bonds. The highest BCUT2D eigenvalue weighted by Crippen LogP contribution is 2.37. The summed E-state index contributed by atoms with van der Waals surface area (Å²) in [5.41, 5.74) is 2.13. The Morgan fingerprint density at radius 2 is 1.79 bits per heavy atom. The Hall–Kier alpha value is -4.47. The monoisotopic (exact) mass is 596 g/mol. The van der Waals surface area contributed by atoms with Crippen LogP contribution in [-0.4, -0.2) is 75.3 Å². The molecule has 16 heteroatoms. The number of nitrogens with zero attached hydrogens (tertiary/aromatic N) is 5. The molecule has 1 saturated heterocycles. The minimum absolute atomic E-state index is 0.0213. The lowest BCUT2D eigenvalue weighted by Crippen LogP contribution is -2.51. The lowest BCUT2D eigenvalue weighted by atomic mass is 9.77. The summed E-state index contributed by atoms with van der Waals surface area (Å²) < 4.78 is 62.1. The standard InChI is InChI=1S/C24H24F2N6O3.C2HF3O2/c1-24(2)18-11-16(31-9-7-27-8-10-31)5-6-17(18)22(33)32(23(24)34)13-15-4-3-14(12-28-15)20-29-30-21(35-20)19(25)26;3-2(4,5)1(6)7/h3-6,11-12,19,27H,7-10,13H2,1-2H3;(H,6,7). The first kappa shape index (κ1) is 30.5. The van der Waals surface area contributed by atoms with Gasteiger partial charge in [-0.05, 0) is 49.7 Å². The van der Waals surface area contributed by atoms with Crippen molar-refractivity contribution in [1.29, 1.82) is 0 Å². The van der Waals surface area contributed by atoms with Gasteiger partial charge in [-0.3, -0.25) is 19.5 Å². The van der Waals surface area contributed by atoms with Crippen LogP contribution in [0.15, 0.2) is 40.9 Å². The van der Waals surface area contributed by atoms with Gasteiger partial charge in [-0.25, -0.2) is 4.79 Å². The Morgan fingerprint density at radius 1 is 1.12 bits per heavy atom. The Morgan fingerprint density at radius 3 is 2.33 bits per heavy atom. The average molecular weight is 597 g/mol. The number of imide groups is 1. The van der Waals surface area contributed by atoms with Gasteiger partial charge in [0.25, 0.3) is 11.8 Å². The van der Waals surface area contributed by atoms with Gasteiger partial charge in [-0.1, -0.05) is 0 Å². The largest absolute Gasteiger partial charge is 0.490 e. The number of pyridine rings is 1. The summed E-state index contributed by atoms with van der Waals surface area (Å²) in [6.07, 6.45) is -6.56. The maximum Gasteiger partial charge on any atom is 0.490 e. The molecular formula is C26H25F5N6O5. The van der Waals surface area contributed by atoms with Gasteiger partial charge in [0.05, 0.1) is 23.2 Å². The number of anilines is 1. The molecule has 0 bridgehead atoms. The molecule has 0 aliphatic carbocycles. The van der Waals surface area contributed by atoms with Gasteiger partial charge in [-0.15, -0.1) is 10.2 Å². The summed E-state index contributed by atoms with van der Waals surface area (Å²) in [6, 6.07) is 8.85. The van der Waals surface area contributed by atoms with Gasteiger partial charge < -0.3 is 19.7 Å². The van der Waals surface area contributed by atoms with E-state index in [-0.39, 0.29) is 24.2 Å². The highest BCUT2D eigenvalue weighted by atomic mass is 19.4. The highest BCUT2D eigenvalue weighted by molar-refractivity contribution is 6.13. The first-order valence-electron chi connectivity index (χ1n) is 12.5. The molecule has 4 heterocycles. The number of carboxylic acid groups (broad SMARTS) is 1. The van der Waals surface area contributed by atoms with Gasteiger partial charge >= 0.3 is 18.6 Å². The smallest absolute Gasteiger partial charge is 0.475 e. The second-order valence-electron chi connectivity index (χ2n) is 9.88. The third-order valence-corrected chi connectivity index (χ3v) is 6.68. The number of fused-ring (bicyclic) bond motifs is 1. The van der Waals surface area contributed by atoms with Crippen molar-refractivity contribution in [1.82, 2.24) is 25.4 Å². The van der Waals surface area contributed by atoms with E-state index in [2.05, 4.69) is 25.4 Å². The van der Waals surface area contributed by atoms with Crippen LogP contribution in [0.5, 0.6) is 0 Å². The third kappa shape index (κ3) is 6.37. The SMILES string of the molecule is CC1(C)C(=O)N(Cc2ccc(-c3nnc(C(F)F)o3)cn2)C(=O)c2ccc(N3CCNCC3)cc21.O=C(O)C(F)(F)F. The zero-order chi connectivity index (χ0) is 30.8. The second kappa shape index (κ2) is 11.8. The lowest BCUT2D eigenvalue weighted by molar-refractivity contribution is -0.192. The zero-order valence-corrected chi connectivity index (χ0v) is 22.3. The number of alkyl halides is 5. The Kier molecular flexibility index (Phi) is 8.56. The molecule has 2 aromatic heterocycles. The van der Waals surface area contributed by atoms with Crippen LogP contribution in [0, 0.1) is 0 Å². The van der Waals surface area contributed by atoms with Gasteiger partial charge in [-0.2, -0.15) is 22.0 Å². The molecule has 1 fully saturated rings. The van der Waals surface area contributed by atoms with E-state index in [0.29, 0.717) is 22.4 Å². The molecular weight excluding hydrogens is 571 g/mol. The number of amides is 2. The first-order valence-corrected chi connectivity index (χ1v) is 12.5. The normalized spacial score (nSPS) is 16.7. The lowest BCUT2D eigenvalue weighted by Gasteiger charge is -2.38. The number of rotatable bonds is 5. The van der Waals surface area contributed by atoms with Crippen LogP contribution in [0.3, 0.4) is 0 Å². The molecule has 224 valence electrons. The van der Waals surface area contributed by atoms with Crippen molar-refractivity contribution in [3.8, 4) is 11.5 Å². The van der Waals surface area contributed by atoms with Crippen LogP contribution in [0.4, 0.5) is 27.6 Å². The predicted molar refractivity (Wildman–Crippen MR) is 136 cm³/mol. The van der Waals surface area contributed by atoms with Crippen LogP contribution in [0.1, 0.15) is 47.8 Å². The molecule has 2 N–H and O–H groups in total. The van der Waals surface area contributed by atoms with Gasteiger partial charge in [0, 0.05) is 43.6 Å². The molecule has 0 spiro atoms.